The van der Waals surface area contributed by atoms with E-state index in [4.69, 9.17) is 0 Å². The quantitative estimate of drug-likeness (QED) is 0.851. The maximum Gasteiger partial charge on any atom is 0.433 e. The van der Waals surface area contributed by atoms with Crippen molar-refractivity contribution >= 4 is 6.03 Å². The molecule has 26 heavy (non-hydrogen) atoms. The summed E-state index contributed by atoms with van der Waals surface area (Å²) in [4.78, 5) is 17.6. The van der Waals surface area contributed by atoms with Gasteiger partial charge in [0.25, 0.3) is 0 Å². The summed E-state index contributed by atoms with van der Waals surface area (Å²) >= 11 is 0. The van der Waals surface area contributed by atoms with Crippen molar-refractivity contribution in [3.63, 3.8) is 0 Å². The van der Waals surface area contributed by atoms with Gasteiger partial charge in [-0.3, -0.25) is 9.67 Å². The van der Waals surface area contributed by atoms with Gasteiger partial charge in [-0.15, -0.1) is 0 Å². The Balaban J connectivity index is 1.87. The molecule has 0 aliphatic rings. The molecule has 0 unspecified atom stereocenters. The van der Waals surface area contributed by atoms with Crippen LogP contribution in [0.1, 0.15) is 23.9 Å². The van der Waals surface area contributed by atoms with E-state index < -0.39 is 11.9 Å². The standard InChI is InChI=1S/C17H22F3N5O/c1-12(10-25-15(17(18,19)20)7-13(2)23-25)8-22-16(26)24(3)11-14-5-4-6-21-9-14/h4-7,9,12H,8,10-11H2,1-3H3,(H,22,26)/t12-/m1/s1. The highest BCUT2D eigenvalue weighted by Crippen LogP contribution is 2.30. The van der Waals surface area contributed by atoms with Crippen molar-refractivity contribution in [1.82, 2.24) is 25.0 Å². The zero-order valence-electron chi connectivity index (χ0n) is 14.9. The zero-order valence-corrected chi connectivity index (χ0v) is 14.9. The molecule has 0 saturated heterocycles. The molecular weight excluding hydrogens is 347 g/mol. The third-order valence-electron chi connectivity index (χ3n) is 3.77. The number of nitrogens with zero attached hydrogens (tertiary/aromatic N) is 4. The fourth-order valence-electron chi connectivity index (χ4n) is 2.51. The van der Waals surface area contributed by atoms with Crippen LogP contribution in [0.4, 0.5) is 18.0 Å². The summed E-state index contributed by atoms with van der Waals surface area (Å²) in [6.45, 7) is 3.98. The van der Waals surface area contributed by atoms with Crippen LogP contribution in [0.5, 0.6) is 0 Å². The van der Waals surface area contributed by atoms with Crippen LogP contribution in [0.15, 0.2) is 30.6 Å². The lowest BCUT2D eigenvalue weighted by Crippen LogP contribution is -2.39. The van der Waals surface area contributed by atoms with Crippen molar-refractivity contribution in [2.75, 3.05) is 13.6 Å². The van der Waals surface area contributed by atoms with Gasteiger partial charge in [-0.25, -0.2) is 4.79 Å². The van der Waals surface area contributed by atoms with Gasteiger partial charge in [-0.1, -0.05) is 13.0 Å². The van der Waals surface area contributed by atoms with Crippen LogP contribution < -0.4 is 5.32 Å². The maximum absolute atomic E-state index is 13.0. The van der Waals surface area contributed by atoms with E-state index >= 15 is 0 Å². The molecule has 2 rings (SSSR count). The average molecular weight is 369 g/mol. The van der Waals surface area contributed by atoms with Crippen LogP contribution in [0.3, 0.4) is 0 Å². The predicted molar refractivity (Wildman–Crippen MR) is 90.2 cm³/mol. The first-order chi connectivity index (χ1) is 12.2. The van der Waals surface area contributed by atoms with Gasteiger partial charge in [0.1, 0.15) is 5.69 Å². The van der Waals surface area contributed by atoms with Crippen LogP contribution in [0.2, 0.25) is 0 Å². The molecule has 0 aromatic carbocycles. The number of rotatable bonds is 6. The van der Waals surface area contributed by atoms with Crippen molar-refractivity contribution in [2.24, 2.45) is 5.92 Å². The number of hydrogen-bond acceptors (Lipinski definition) is 3. The van der Waals surface area contributed by atoms with Crippen LogP contribution in [0.25, 0.3) is 0 Å². The molecule has 0 aliphatic carbocycles. The van der Waals surface area contributed by atoms with Gasteiger partial charge in [0.15, 0.2) is 0 Å². The van der Waals surface area contributed by atoms with Gasteiger partial charge < -0.3 is 10.2 Å². The molecule has 1 atom stereocenters. The molecule has 9 heteroatoms. The lowest BCUT2D eigenvalue weighted by molar-refractivity contribution is -0.144. The summed E-state index contributed by atoms with van der Waals surface area (Å²) in [7, 11) is 1.64. The lowest BCUT2D eigenvalue weighted by atomic mass is 10.2. The molecular formula is C17H22F3N5O. The minimum atomic E-state index is -4.45. The molecule has 6 nitrogen and oxygen atoms in total. The summed E-state index contributed by atoms with van der Waals surface area (Å²) in [5.74, 6) is -0.217. The molecule has 2 aromatic heterocycles. The van der Waals surface area contributed by atoms with Crippen LogP contribution in [-0.2, 0) is 19.3 Å². The van der Waals surface area contributed by atoms with Gasteiger partial charge >= 0.3 is 12.2 Å². The number of pyridine rings is 1. The monoisotopic (exact) mass is 369 g/mol. The fraction of sp³-hybridized carbons (Fsp3) is 0.471. The average Bonchev–Trinajstić information content (AvgIpc) is 2.94. The van der Waals surface area contributed by atoms with Crippen molar-refractivity contribution in [3.8, 4) is 0 Å². The third kappa shape index (κ3) is 5.47. The fourth-order valence-corrected chi connectivity index (χ4v) is 2.51. The Morgan fingerprint density at radius 3 is 2.77 bits per heavy atom. The number of alkyl halides is 3. The Labute approximate surface area is 150 Å². The molecule has 0 aliphatic heterocycles. The highest BCUT2D eigenvalue weighted by molar-refractivity contribution is 5.73. The van der Waals surface area contributed by atoms with Crippen LogP contribution in [-0.4, -0.2) is 39.3 Å². The number of aromatic nitrogens is 3. The summed E-state index contributed by atoms with van der Waals surface area (Å²) in [5, 5.41) is 6.63. The lowest BCUT2D eigenvalue weighted by Gasteiger charge is -2.20. The van der Waals surface area contributed by atoms with E-state index in [1.165, 1.54) is 11.8 Å². The molecule has 0 fully saturated rings. The van der Waals surface area contributed by atoms with Crippen LogP contribution >= 0.6 is 0 Å². The number of nitrogens with one attached hydrogen (secondary N) is 1. The highest BCUT2D eigenvalue weighted by Gasteiger charge is 2.35. The van der Waals surface area contributed by atoms with Gasteiger partial charge in [0.2, 0.25) is 0 Å². The molecule has 2 heterocycles. The Kier molecular flexibility index (Phi) is 6.23. The van der Waals surface area contributed by atoms with E-state index in [2.05, 4.69) is 15.4 Å². The number of aryl methyl sites for hydroxylation is 1. The van der Waals surface area contributed by atoms with Crippen molar-refractivity contribution < 1.29 is 18.0 Å². The van der Waals surface area contributed by atoms with Gasteiger partial charge in [0.05, 0.1) is 5.69 Å². The number of carbonyl (C=O) groups excluding carboxylic acids is 1. The second kappa shape index (κ2) is 8.20. The second-order valence-electron chi connectivity index (χ2n) is 6.36. The first-order valence-electron chi connectivity index (χ1n) is 8.16. The molecule has 0 saturated carbocycles. The zero-order chi connectivity index (χ0) is 19.3. The number of urea groups is 1. The third-order valence-corrected chi connectivity index (χ3v) is 3.77. The minimum absolute atomic E-state index is 0.0648. The van der Waals surface area contributed by atoms with E-state index in [1.807, 2.05) is 6.07 Å². The van der Waals surface area contributed by atoms with Gasteiger partial charge in [-0.05, 0) is 30.5 Å². The van der Waals surface area contributed by atoms with Crippen molar-refractivity contribution in [1.29, 1.82) is 0 Å². The minimum Gasteiger partial charge on any atom is -0.338 e. The van der Waals surface area contributed by atoms with Crippen LogP contribution in [0, 0.1) is 12.8 Å². The first-order valence-corrected chi connectivity index (χ1v) is 8.16. The van der Waals surface area contributed by atoms with Crippen molar-refractivity contribution in [2.45, 2.75) is 33.1 Å². The van der Waals surface area contributed by atoms with E-state index in [9.17, 15) is 18.0 Å². The summed E-state index contributed by atoms with van der Waals surface area (Å²) < 4.78 is 39.9. The molecule has 142 valence electrons. The van der Waals surface area contributed by atoms with Gasteiger partial charge in [0, 0.05) is 39.1 Å². The SMILES string of the molecule is Cc1cc(C(F)(F)F)n(C[C@H](C)CNC(=O)N(C)Cc2cccnc2)n1. The Morgan fingerprint density at radius 1 is 1.42 bits per heavy atom. The number of halogens is 3. The van der Waals surface area contributed by atoms with E-state index in [-0.39, 0.29) is 25.0 Å². The second-order valence-corrected chi connectivity index (χ2v) is 6.36. The normalized spacial score (nSPS) is 12.7. The molecule has 0 spiro atoms. The van der Waals surface area contributed by atoms with E-state index in [0.29, 0.717) is 12.2 Å². The number of amides is 2. The Hall–Kier alpha value is -2.58. The number of hydrogen-bond donors (Lipinski definition) is 1. The van der Waals surface area contributed by atoms with Gasteiger partial charge in [-0.2, -0.15) is 18.3 Å². The maximum atomic E-state index is 13.0. The Bertz CT molecular complexity index is 730. The van der Waals surface area contributed by atoms with E-state index in [1.54, 1.807) is 32.4 Å². The summed E-state index contributed by atoms with van der Waals surface area (Å²) in [6.07, 6.45) is -1.13. The van der Waals surface area contributed by atoms with E-state index in [0.717, 1.165) is 16.3 Å². The first kappa shape index (κ1) is 19.7. The summed E-state index contributed by atoms with van der Waals surface area (Å²) in [6, 6.07) is 4.37. The number of carbonyl (C=O) groups is 1. The Morgan fingerprint density at radius 2 is 2.15 bits per heavy atom. The topological polar surface area (TPSA) is 63.1 Å². The summed E-state index contributed by atoms with van der Waals surface area (Å²) in [5.41, 5.74) is 0.423. The largest absolute Gasteiger partial charge is 0.433 e. The molecule has 2 amide bonds. The molecule has 0 bridgehead atoms. The smallest absolute Gasteiger partial charge is 0.338 e. The molecule has 1 N–H and O–H groups in total. The predicted octanol–water partition coefficient (Wildman–Crippen LogP) is 3.08. The highest BCUT2D eigenvalue weighted by atomic mass is 19.4. The molecule has 2 aromatic rings. The van der Waals surface area contributed by atoms with Crippen molar-refractivity contribution in [3.05, 3.63) is 47.5 Å². The molecule has 0 radical (unpaired) electrons.